The number of anilines is 1. The van der Waals surface area contributed by atoms with E-state index in [1.54, 1.807) is 6.07 Å². The van der Waals surface area contributed by atoms with Gasteiger partial charge < -0.3 is 4.42 Å². The van der Waals surface area contributed by atoms with Crippen molar-refractivity contribution in [1.29, 1.82) is 0 Å². The normalized spacial score (nSPS) is 10.6. The molecular formula is C19H19N3O2. The Labute approximate surface area is 140 Å². The van der Waals surface area contributed by atoms with E-state index in [0.29, 0.717) is 17.9 Å². The minimum atomic E-state index is -0.264. The van der Waals surface area contributed by atoms with Crippen molar-refractivity contribution in [3.8, 4) is 0 Å². The molecule has 5 heteroatoms. The van der Waals surface area contributed by atoms with Gasteiger partial charge in [0.2, 0.25) is 5.89 Å². The Morgan fingerprint density at radius 1 is 1.04 bits per heavy atom. The molecule has 0 bridgehead atoms. The van der Waals surface area contributed by atoms with E-state index in [-0.39, 0.29) is 11.9 Å². The number of amides is 1. The van der Waals surface area contributed by atoms with Crippen LogP contribution in [0.1, 0.15) is 38.5 Å². The molecule has 0 radical (unpaired) electrons. The summed E-state index contributed by atoms with van der Waals surface area (Å²) in [7, 11) is 0. The van der Waals surface area contributed by atoms with Crippen molar-refractivity contribution in [2.45, 2.75) is 27.2 Å². The van der Waals surface area contributed by atoms with E-state index in [4.69, 9.17) is 4.42 Å². The third-order valence-corrected chi connectivity index (χ3v) is 3.89. The molecule has 0 fully saturated rings. The largest absolute Gasteiger partial charge is 0.407 e. The summed E-state index contributed by atoms with van der Waals surface area (Å²) in [6, 6.07) is 13.6. The Morgan fingerprint density at radius 3 is 2.62 bits per heavy atom. The van der Waals surface area contributed by atoms with Crippen LogP contribution in [0.3, 0.4) is 0 Å². The summed E-state index contributed by atoms with van der Waals surface area (Å²) in [5.74, 6) is 0.206. The fourth-order valence-electron chi connectivity index (χ4n) is 2.42. The number of carbonyl (C=O) groups is 1. The van der Waals surface area contributed by atoms with Crippen molar-refractivity contribution in [2.75, 3.05) is 5.32 Å². The molecule has 5 nitrogen and oxygen atoms in total. The minimum absolute atomic E-state index is 0.111. The summed E-state index contributed by atoms with van der Waals surface area (Å²) in [4.78, 5) is 12.2. The molecule has 0 aliphatic rings. The molecule has 1 aromatic heterocycles. The molecular weight excluding hydrogens is 302 g/mol. The highest BCUT2D eigenvalue weighted by Gasteiger charge is 2.12. The van der Waals surface area contributed by atoms with E-state index in [0.717, 1.165) is 11.1 Å². The van der Waals surface area contributed by atoms with Crippen molar-refractivity contribution in [3.05, 3.63) is 76.2 Å². The molecule has 3 rings (SSSR count). The monoisotopic (exact) mass is 321 g/mol. The summed E-state index contributed by atoms with van der Waals surface area (Å²) in [6.45, 7) is 6.08. The number of rotatable bonds is 4. The molecule has 3 aromatic rings. The third-order valence-electron chi connectivity index (χ3n) is 3.89. The first-order chi connectivity index (χ1) is 11.5. The van der Waals surface area contributed by atoms with Crippen LogP contribution in [-0.2, 0) is 6.42 Å². The quantitative estimate of drug-likeness (QED) is 0.793. The molecule has 0 saturated heterocycles. The number of aryl methyl sites for hydroxylation is 3. The Morgan fingerprint density at radius 2 is 1.88 bits per heavy atom. The Kier molecular flexibility index (Phi) is 4.42. The van der Waals surface area contributed by atoms with Gasteiger partial charge >= 0.3 is 6.01 Å². The lowest BCUT2D eigenvalue weighted by Gasteiger charge is -2.03. The first-order valence-corrected chi connectivity index (χ1v) is 7.78. The average molecular weight is 321 g/mol. The van der Waals surface area contributed by atoms with Crippen LogP contribution in [0, 0.1) is 20.8 Å². The van der Waals surface area contributed by atoms with Crippen LogP contribution in [0.25, 0.3) is 0 Å². The van der Waals surface area contributed by atoms with Gasteiger partial charge in [-0.2, -0.15) is 0 Å². The van der Waals surface area contributed by atoms with Gasteiger partial charge in [0.1, 0.15) is 0 Å². The summed E-state index contributed by atoms with van der Waals surface area (Å²) < 4.78 is 5.53. The van der Waals surface area contributed by atoms with Gasteiger partial charge in [-0.15, -0.1) is 5.10 Å². The number of aromatic nitrogens is 2. The van der Waals surface area contributed by atoms with Gasteiger partial charge in [-0.25, -0.2) is 0 Å². The molecule has 1 heterocycles. The molecule has 122 valence electrons. The van der Waals surface area contributed by atoms with E-state index in [9.17, 15) is 4.79 Å². The summed E-state index contributed by atoms with van der Waals surface area (Å²) in [5.41, 5.74) is 5.14. The SMILES string of the molecule is Cc1cccc(C(=O)Nc2nnc(Cc3ccc(C)c(C)c3)o2)c1. The lowest BCUT2D eigenvalue weighted by molar-refractivity contribution is 0.102. The highest BCUT2D eigenvalue weighted by molar-refractivity contribution is 6.03. The van der Waals surface area contributed by atoms with Crippen molar-refractivity contribution >= 4 is 11.9 Å². The molecule has 0 aliphatic heterocycles. The Bertz CT molecular complexity index is 884. The van der Waals surface area contributed by atoms with Crippen molar-refractivity contribution in [1.82, 2.24) is 10.2 Å². The third kappa shape index (κ3) is 3.68. The number of carbonyl (C=O) groups excluding carboxylic acids is 1. The first-order valence-electron chi connectivity index (χ1n) is 7.78. The maximum Gasteiger partial charge on any atom is 0.322 e. The smallest absolute Gasteiger partial charge is 0.322 e. The predicted octanol–water partition coefficient (Wildman–Crippen LogP) is 3.84. The zero-order chi connectivity index (χ0) is 17.1. The Hall–Kier alpha value is -2.95. The molecule has 2 aromatic carbocycles. The summed E-state index contributed by atoms with van der Waals surface area (Å²) in [5, 5.41) is 10.5. The van der Waals surface area contributed by atoms with Gasteiger partial charge in [0.25, 0.3) is 5.91 Å². The second-order valence-electron chi connectivity index (χ2n) is 5.92. The van der Waals surface area contributed by atoms with Crippen molar-refractivity contribution < 1.29 is 9.21 Å². The molecule has 0 spiro atoms. The van der Waals surface area contributed by atoms with E-state index in [1.807, 2.05) is 31.2 Å². The topological polar surface area (TPSA) is 68.0 Å². The van der Waals surface area contributed by atoms with E-state index >= 15 is 0 Å². The molecule has 0 saturated carbocycles. The van der Waals surface area contributed by atoms with Crippen molar-refractivity contribution in [2.24, 2.45) is 0 Å². The van der Waals surface area contributed by atoms with E-state index in [1.165, 1.54) is 11.1 Å². The zero-order valence-electron chi connectivity index (χ0n) is 14.0. The van der Waals surface area contributed by atoms with Crippen LogP contribution >= 0.6 is 0 Å². The highest BCUT2D eigenvalue weighted by Crippen LogP contribution is 2.15. The highest BCUT2D eigenvalue weighted by atomic mass is 16.4. The maximum atomic E-state index is 12.2. The van der Waals surface area contributed by atoms with Gasteiger partial charge in [-0.05, 0) is 49.6 Å². The van der Waals surface area contributed by atoms with E-state index in [2.05, 4.69) is 41.5 Å². The van der Waals surface area contributed by atoms with Crippen LogP contribution < -0.4 is 5.32 Å². The van der Waals surface area contributed by atoms with Crippen LogP contribution in [0.4, 0.5) is 6.01 Å². The minimum Gasteiger partial charge on any atom is -0.407 e. The molecule has 1 amide bonds. The van der Waals surface area contributed by atoms with Crippen LogP contribution in [0.5, 0.6) is 0 Å². The number of hydrogen-bond acceptors (Lipinski definition) is 4. The van der Waals surface area contributed by atoms with Crippen LogP contribution in [-0.4, -0.2) is 16.1 Å². The van der Waals surface area contributed by atoms with E-state index < -0.39 is 0 Å². The number of nitrogens with zero attached hydrogens (tertiary/aromatic N) is 2. The zero-order valence-corrected chi connectivity index (χ0v) is 14.0. The molecule has 0 unspecified atom stereocenters. The molecule has 0 atom stereocenters. The average Bonchev–Trinajstić information content (AvgIpc) is 2.98. The van der Waals surface area contributed by atoms with Crippen molar-refractivity contribution in [3.63, 3.8) is 0 Å². The summed E-state index contributed by atoms with van der Waals surface area (Å²) >= 11 is 0. The lowest BCUT2D eigenvalue weighted by Crippen LogP contribution is -2.12. The summed E-state index contributed by atoms with van der Waals surface area (Å²) in [6.07, 6.45) is 0.536. The number of nitrogens with one attached hydrogen (secondary N) is 1. The molecule has 1 N–H and O–H groups in total. The van der Waals surface area contributed by atoms with Gasteiger partial charge in [0.15, 0.2) is 0 Å². The van der Waals surface area contributed by atoms with Gasteiger partial charge in [-0.1, -0.05) is 41.0 Å². The fraction of sp³-hybridized carbons (Fsp3) is 0.211. The fourth-order valence-corrected chi connectivity index (χ4v) is 2.42. The standard InChI is InChI=1S/C19H19N3O2/c1-12-5-4-6-16(9-12)18(23)20-19-22-21-17(24-19)11-15-8-7-13(2)14(3)10-15/h4-10H,11H2,1-3H3,(H,20,22,23). The van der Waals surface area contributed by atoms with Crippen LogP contribution in [0.15, 0.2) is 46.9 Å². The number of benzene rings is 2. The second-order valence-corrected chi connectivity index (χ2v) is 5.92. The second kappa shape index (κ2) is 6.66. The van der Waals surface area contributed by atoms with Crippen LogP contribution in [0.2, 0.25) is 0 Å². The lowest BCUT2D eigenvalue weighted by atomic mass is 10.0. The van der Waals surface area contributed by atoms with Gasteiger partial charge in [0, 0.05) is 5.56 Å². The molecule has 24 heavy (non-hydrogen) atoms. The molecule has 0 aliphatic carbocycles. The Balaban J connectivity index is 1.69. The maximum absolute atomic E-state index is 12.2. The number of hydrogen-bond donors (Lipinski definition) is 1. The van der Waals surface area contributed by atoms with Gasteiger partial charge in [-0.3, -0.25) is 10.1 Å². The van der Waals surface area contributed by atoms with Gasteiger partial charge in [0.05, 0.1) is 6.42 Å². The first kappa shape index (κ1) is 15.9. The predicted molar refractivity (Wildman–Crippen MR) is 92.2 cm³/mol.